The third-order valence-electron chi connectivity index (χ3n) is 6.66. The number of piperidine rings is 1. The van der Waals surface area contributed by atoms with Gasteiger partial charge >= 0.3 is 0 Å². The first-order valence-corrected chi connectivity index (χ1v) is 13.0. The maximum atomic E-state index is 13.5. The molecule has 0 radical (unpaired) electrons. The van der Waals surface area contributed by atoms with Crippen LogP contribution in [0.2, 0.25) is 5.02 Å². The number of carbonyl (C=O) groups is 2. The molecule has 3 N–H and O–H groups in total. The van der Waals surface area contributed by atoms with Gasteiger partial charge in [0.1, 0.15) is 22.8 Å². The van der Waals surface area contributed by atoms with E-state index in [0.29, 0.717) is 44.1 Å². The van der Waals surface area contributed by atoms with Crippen molar-refractivity contribution < 1.29 is 14.0 Å². The first kappa shape index (κ1) is 24.6. The molecule has 2 aliphatic rings. The Hall–Kier alpha value is -3.08. The summed E-state index contributed by atoms with van der Waals surface area (Å²) in [6, 6.07) is 4.44. The van der Waals surface area contributed by atoms with Crippen LogP contribution in [0.5, 0.6) is 0 Å². The van der Waals surface area contributed by atoms with E-state index in [1.165, 1.54) is 18.5 Å². The number of aromatic nitrogens is 2. The zero-order valence-electron chi connectivity index (χ0n) is 19.5. The van der Waals surface area contributed by atoms with Gasteiger partial charge in [0.2, 0.25) is 11.8 Å². The number of likely N-dealkylation sites (tertiary alicyclic amines) is 1. The van der Waals surface area contributed by atoms with Gasteiger partial charge in [0.05, 0.1) is 22.9 Å². The van der Waals surface area contributed by atoms with E-state index >= 15 is 0 Å². The van der Waals surface area contributed by atoms with Crippen LogP contribution in [0.3, 0.4) is 0 Å². The number of hydrogen-bond donors (Lipinski definition) is 2. The molecule has 0 bridgehead atoms. The zero-order chi connectivity index (χ0) is 25.2. The Balaban J connectivity index is 1.27. The number of nitrogens with zero attached hydrogens (tertiary/aromatic N) is 4. The van der Waals surface area contributed by atoms with Gasteiger partial charge in [0.15, 0.2) is 0 Å². The third kappa shape index (κ3) is 5.21. The van der Waals surface area contributed by atoms with E-state index < -0.39 is 5.82 Å². The van der Waals surface area contributed by atoms with E-state index in [9.17, 15) is 14.0 Å². The Morgan fingerprint density at radius 1 is 1.31 bits per heavy atom. The van der Waals surface area contributed by atoms with Crippen molar-refractivity contribution in [1.82, 2.24) is 19.8 Å². The van der Waals surface area contributed by atoms with Crippen molar-refractivity contribution in [3.05, 3.63) is 58.0 Å². The van der Waals surface area contributed by atoms with Gasteiger partial charge in [-0.2, -0.15) is 0 Å². The molecule has 5 rings (SSSR count). The second-order valence-electron chi connectivity index (χ2n) is 9.07. The lowest BCUT2D eigenvalue weighted by Gasteiger charge is -2.30. The number of fused-ring (bicyclic) bond motifs is 3. The maximum absolute atomic E-state index is 13.5. The second-order valence-corrected chi connectivity index (χ2v) is 10.6. The standard InChI is InChI=1S/C25H26ClFN6O2S/c26-18-11-16(5-6-19(18)27)31-24-22-17-7-10-33(13-20(17)36-25(22)30-14-29-24)21(34)4-2-9-32-8-1-3-15(12-32)23(28)35/h2,4-6,11,14-15H,1,3,7-10,12-13H2,(H2,28,35)(H,29,30,31)/b4-2+. The summed E-state index contributed by atoms with van der Waals surface area (Å²) in [5, 5.41) is 4.19. The number of nitrogens with two attached hydrogens (primary N) is 1. The molecule has 1 fully saturated rings. The third-order valence-corrected chi connectivity index (χ3v) is 8.08. The summed E-state index contributed by atoms with van der Waals surface area (Å²) in [4.78, 5) is 39.1. The molecule has 1 atom stereocenters. The molecule has 36 heavy (non-hydrogen) atoms. The predicted octanol–water partition coefficient (Wildman–Crippen LogP) is 3.87. The average Bonchev–Trinajstić information content (AvgIpc) is 3.25. The summed E-state index contributed by atoms with van der Waals surface area (Å²) in [5.41, 5.74) is 7.22. The van der Waals surface area contributed by atoms with Gasteiger partial charge in [-0.1, -0.05) is 17.7 Å². The number of primary amides is 1. The minimum absolute atomic E-state index is 0.0350. The molecular formula is C25H26ClFN6O2S. The van der Waals surface area contributed by atoms with E-state index in [1.54, 1.807) is 23.5 Å². The topological polar surface area (TPSA) is 104 Å². The number of benzene rings is 1. The van der Waals surface area contributed by atoms with Gasteiger partial charge in [0.25, 0.3) is 0 Å². The quantitative estimate of drug-likeness (QED) is 0.471. The SMILES string of the molecule is NC(=O)C1CCCN(C/C=C/C(=O)N2CCc3c(sc4ncnc(Nc5ccc(F)c(Cl)c5)c34)C2)C1. The van der Waals surface area contributed by atoms with Gasteiger partial charge < -0.3 is 16.0 Å². The van der Waals surface area contributed by atoms with Gasteiger partial charge in [0, 0.05) is 36.3 Å². The van der Waals surface area contributed by atoms with Crippen molar-refractivity contribution in [3.8, 4) is 0 Å². The fourth-order valence-electron chi connectivity index (χ4n) is 4.78. The van der Waals surface area contributed by atoms with Gasteiger partial charge in [-0.05, 0) is 49.6 Å². The van der Waals surface area contributed by atoms with Crippen molar-refractivity contribution >= 4 is 56.5 Å². The fourth-order valence-corrected chi connectivity index (χ4v) is 6.17. The maximum Gasteiger partial charge on any atom is 0.246 e. The minimum Gasteiger partial charge on any atom is -0.369 e. The molecule has 8 nitrogen and oxygen atoms in total. The second kappa shape index (κ2) is 10.5. The van der Waals surface area contributed by atoms with Gasteiger partial charge in [-0.25, -0.2) is 14.4 Å². The van der Waals surface area contributed by atoms with Crippen molar-refractivity contribution in [1.29, 1.82) is 0 Å². The highest BCUT2D eigenvalue weighted by Gasteiger charge is 2.26. The summed E-state index contributed by atoms with van der Waals surface area (Å²) >= 11 is 7.48. The monoisotopic (exact) mass is 528 g/mol. The Labute approximate surface area is 216 Å². The lowest BCUT2D eigenvalue weighted by Crippen LogP contribution is -2.41. The van der Waals surface area contributed by atoms with Crippen LogP contribution < -0.4 is 11.1 Å². The number of halogens is 2. The summed E-state index contributed by atoms with van der Waals surface area (Å²) in [7, 11) is 0. The van der Waals surface area contributed by atoms with Crippen LogP contribution in [0, 0.1) is 11.7 Å². The van der Waals surface area contributed by atoms with Crippen LogP contribution in [0.25, 0.3) is 10.2 Å². The van der Waals surface area contributed by atoms with Crippen molar-refractivity contribution in [2.24, 2.45) is 11.7 Å². The zero-order valence-corrected chi connectivity index (χ0v) is 21.1. The first-order chi connectivity index (χ1) is 17.4. The number of hydrogen-bond acceptors (Lipinski definition) is 7. The molecule has 11 heteroatoms. The Bertz CT molecular complexity index is 1350. The van der Waals surface area contributed by atoms with Crippen LogP contribution >= 0.6 is 22.9 Å². The molecule has 1 aromatic carbocycles. The van der Waals surface area contributed by atoms with Crippen LogP contribution in [0.15, 0.2) is 36.7 Å². The van der Waals surface area contributed by atoms with Crippen LogP contribution in [-0.4, -0.2) is 57.8 Å². The average molecular weight is 529 g/mol. The number of carbonyl (C=O) groups excluding carboxylic acids is 2. The molecule has 1 saturated heterocycles. The number of amides is 2. The van der Waals surface area contributed by atoms with Crippen molar-refractivity contribution in [3.63, 3.8) is 0 Å². The summed E-state index contributed by atoms with van der Waals surface area (Å²) < 4.78 is 13.5. The molecule has 0 spiro atoms. The number of thiophene rings is 1. The molecule has 3 aromatic rings. The largest absolute Gasteiger partial charge is 0.369 e. The minimum atomic E-state index is -0.479. The highest BCUT2D eigenvalue weighted by molar-refractivity contribution is 7.19. The predicted molar refractivity (Wildman–Crippen MR) is 139 cm³/mol. The summed E-state index contributed by atoms with van der Waals surface area (Å²) in [6.45, 7) is 3.26. The first-order valence-electron chi connectivity index (χ1n) is 11.8. The molecule has 188 valence electrons. The van der Waals surface area contributed by atoms with E-state index in [0.717, 1.165) is 40.0 Å². The molecule has 1 unspecified atom stereocenters. The van der Waals surface area contributed by atoms with Crippen molar-refractivity contribution in [2.75, 3.05) is 31.5 Å². The van der Waals surface area contributed by atoms with Crippen LogP contribution in [0.1, 0.15) is 23.3 Å². The van der Waals surface area contributed by atoms with Gasteiger partial charge in [-0.3, -0.25) is 14.5 Å². The summed E-state index contributed by atoms with van der Waals surface area (Å²) in [6.07, 6.45) is 7.44. The fraction of sp³-hybridized carbons (Fsp3) is 0.360. The molecule has 0 saturated carbocycles. The number of rotatable bonds is 6. The molecule has 2 amide bonds. The lowest BCUT2D eigenvalue weighted by atomic mass is 9.97. The van der Waals surface area contributed by atoms with E-state index in [1.807, 2.05) is 11.0 Å². The van der Waals surface area contributed by atoms with Crippen LogP contribution in [0.4, 0.5) is 15.9 Å². The summed E-state index contributed by atoms with van der Waals surface area (Å²) in [5.74, 6) is -0.245. The Morgan fingerprint density at radius 2 is 2.17 bits per heavy atom. The Kier molecular flexibility index (Phi) is 7.17. The van der Waals surface area contributed by atoms with Crippen LogP contribution in [-0.2, 0) is 22.6 Å². The van der Waals surface area contributed by atoms with Gasteiger partial charge in [-0.15, -0.1) is 11.3 Å². The molecule has 2 aliphatic heterocycles. The highest BCUT2D eigenvalue weighted by atomic mass is 35.5. The van der Waals surface area contributed by atoms with E-state index in [4.69, 9.17) is 17.3 Å². The molecule has 4 heterocycles. The number of anilines is 2. The smallest absolute Gasteiger partial charge is 0.246 e. The van der Waals surface area contributed by atoms with E-state index in [2.05, 4.69) is 20.2 Å². The highest BCUT2D eigenvalue weighted by Crippen LogP contribution is 2.38. The van der Waals surface area contributed by atoms with Crippen molar-refractivity contribution in [2.45, 2.75) is 25.8 Å². The number of nitrogens with one attached hydrogen (secondary N) is 1. The Morgan fingerprint density at radius 3 is 2.97 bits per heavy atom. The normalized spacial score (nSPS) is 18.5. The molecule has 2 aromatic heterocycles. The van der Waals surface area contributed by atoms with E-state index in [-0.39, 0.29) is 22.8 Å². The molecule has 0 aliphatic carbocycles. The lowest BCUT2D eigenvalue weighted by molar-refractivity contribution is -0.127. The molecular weight excluding hydrogens is 503 g/mol.